The van der Waals surface area contributed by atoms with Crippen LogP contribution in [0.5, 0.6) is 0 Å². The first kappa shape index (κ1) is 10.5. The first-order valence-corrected chi connectivity index (χ1v) is 6.27. The molecule has 0 radical (unpaired) electrons. The Morgan fingerprint density at radius 2 is 2.29 bits per heavy atom. The Hall–Kier alpha value is -0.0500. The summed E-state index contributed by atoms with van der Waals surface area (Å²) < 4.78 is 0.910. The maximum Gasteiger partial charge on any atom is 0.0931 e. The second-order valence-electron chi connectivity index (χ2n) is 4.26. The predicted octanol–water partition coefficient (Wildman–Crippen LogP) is 3.33. The van der Waals surface area contributed by atoms with Gasteiger partial charge in [-0.2, -0.15) is 0 Å². The van der Waals surface area contributed by atoms with E-state index < -0.39 is 0 Å². The molecule has 0 aromatic carbocycles. The lowest BCUT2D eigenvalue weighted by molar-refractivity contribution is 0.372. The van der Waals surface area contributed by atoms with Gasteiger partial charge in [0.15, 0.2) is 0 Å². The molecular weight excluding hydrogens is 214 g/mol. The molecule has 2 rings (SSSR count). The van der Waals surface area contributed by atoms with Crippen molar-refractivity contribution in [2.75, 3.05) is 7.05 Å². The third-order valence-corrected chi connectivity index (χ3v) is 4.63. The Morgan fingerprint density at radius 3 is 2.71 bits per heavy atom. The van der Waals surface area contributed by atoms with Gasteiger partial charge >= 0.3 is 0 Å². The number of hydrogen-bond donors (Lipinski definition) is 1. The zero-order chi connectivity index (χ0) is 10.2. The molecule has 1 heterocycles. The van der Waals surface area contributed by atoms with Gasteiger partial charge in [-0.05, 0) is 50.8 Å². The summed E-state index contributed by atoms with van der Waals surface area (Å²) in [5.74, 6) is 0. The highest BCUT2D eigenvalue weighted by atomic mass is 35.5. The summed E-state index contributed by atoms with van der Waals surface area (Å²) in [5, 5.41) is 3.37. The summed E-state index contributed by atoms with van der Waals surface area (Å²) in [6, 6.07) is 4.78. The van der Waals surface area contributed by atoms with E-state index in [1.54, 1.807) is 11.3 Å². The van der Waals surface area contributed by atoms with Crippen molar-refractivity contribution in [1.29, 1.82) is 0 Å². The van der Waals surface area contributed by atoms with Crippen molar-refractivity contribution in [2.45, 2.75) is 32.2 Å². The Bertz CT molecular complexity index is 317. The molecule has 1 aromatic heterocycles. The van der Waals surface area contributed by atoms with Crippen LogP contribution in [0, 0.1) is 5.41 Å². The first-order valence-electron chi connectivity index (χ1n) is 5.08. The van der Waals surface area contributed by atoms with Gasteiger partial charge in [0.1, 0.15) is 0 Å². The summed E-state index contributed by atoms with van der Waals surface area (Å²) in [4.78, 5) is 1.43. The SMILES string of the molecule is CNC(C)C1(Cc2ccc(Cl)s2)CC1. The van der Waals surface area contributed by atoms with Crippen LogP contribution in [0.1, 0.15) is 24.6 Å². The maximum atomic E-state index is 5.93. The molecule has 0 saturated heterocycles. The molecule has 1 nitrogen and oxygen atoms in total. The number of thiophene rings is 1. The maximum absolute atomic E-state index is 5.93. The van der Waals surface area contributed by atoms with Crippen LogP contribution in [0.2, 0.25) is 4.34 Å². The molecule has 1 fully saturated rings. The minimum atomic E-state index is 0.517. The number of hydrogen-bond acceptors (Lipinski definition) is 2. The predicted molar refractivity (Wildman–Crippen MR) is 63.2 cm³/mol. The number of rotatable bonds is 4. The molecule has 1 saturated carbocycles. The van der Waals surface area contributed by atoms with Crippen molar-refractivity contribution < 1.29 is 0 Å². The van der Waals surface area contributed by atoms with E-state index in [9.17, 15) is 0 Å². The van der Waals surface area contributed by atoms with E-state index in [2.05, 4.69) is 18.3 Å². The van der Waals surface area contributed by atoms with E-state index in [4.69, 9.17) is 11.6 Å². The molecule has 1 aromatic rings. The Morgan fingerprint density at radius 1 is 1.57 bits per heavy atom. The lowest BCUT2D eigenvalue weighted by atomic mass is 9.93. The van der Waals surface area contributed by atoms with Gasteiger partial charge in [-0.25, -0.2) is 0 Å². The zero-order valence-electron chi connectivity index (χ0n) is 8.64. The van der Waals surface area contributed by atoms with Crippen LogP contribution in [-0.4, -0.2) is 13.1 Å². The molecule has 0 spiro atoms. The minimum Gasteiger partial charge on any atom is -0.317 e. The summed E-state index contributed by atoms with van der Waals surface area (Å²) >= 11 is 7.65. The molecule has 14 heavy (non-hydrogen) atoms. The van der Waals surface area contributed by atoms with Gasteiger partial charge in [0.25, 0.3) is 0 Å². The first-order chi connectivity index (χ1) is 6.66. The Labute approximate surface area is 94.5 Å². The van der Waals surface area contributed by atoms with E-state index in [0.29, 0.717) is 11.5 Å². The van der Waals surface area contributed by atoms with Gasteiger partial charge in [0, 0.05) is 10.9 Å². The molecule has 0 amide bonds. The van der Waals surface area contributed by atoms with Gasteiger partial charge in [-0.1, -0.05) is 11.6 Å². The highest BCUT2D eigenvalue weighted by Crippen LogP contribution is 2.51. The quantitative estimate of drug-likeness (QED) is 0.835. The largest absolute Gasteiger partial charge is 0.317 e. The lowest BCUT2D eigenvalue weighted by Gasteiger charge is -2.22. The summed E-state index contributed by atoms with van der Waals surface area (Å²) in [6.45, 7) is 2.28. The van der Waals surface area contributed by atoms with Crippen molar-refractivity contribution in [3.8, 4) is 0 Å². The molecule has 1 aliphatic carbocycles. The van der Waals surface area contributed by atoms with Crippen LogP contribution >= 0.6 is 22.9 Å². The molecule has 0 aliphatic heterocycles. The van der Waals surface area contributed by atoms with Gasteiger partial charge in [-0.15, -0.1) is 11.3 Å². The molecule has 1 unspecified atom stereocenters. The van der Waals surface area contributed by atoms with Crippen LogP contribution in [0.25, 0.3) is 0 Å². The van der Waals surface area contributed by atoms with Crippen LogP contribution in [0.15, 0.2) is 12.1 Å². The van der Waals surface area contributed by atoms with E-state index >= 15 is 0 Å². The standard InChI is InChI=1S/C11H16ClNS/c1-8(13-2)11(5-6-11)7-9-3-4-10(12)14-9/h3-4,8,13H,5-7H2,1-2H3. The fraction of sp³-hybridized carbons (Fsp3) is 0.636. The second-order valence-corrected chi connectivity index (χ2v) is 6.05. The van der Waals surface area contributed by atoms with Crippen molar-refractivity contribution in [2.24, 2.45) is 5.41 Å². The van der Waals surface area contributed by atoms with Crippen LogP contribution in [-0.2, 0) is 6.42 Å². The molecule has 1 N–H and O–H groups in total. The van der Waals surface area contributed by atoms with Crippen molar-refractivity contribution >= 4 is 22.9 Å². The van der Waals surface area contributed by atoms with Crippen LogP contribution in [0.4, 0.5) is 0 Å². The van der Waals surface area contributed by atoms with E-state index in [1.807, 2.05) is 13.1 Å². The van der Waals surface area contributed by atoms with Gasteiger partial charge in [-0.3, -0.25) is 0 Å². The lowest BCUT2D eigenvalue weighted by Crippen LogP contribution is -2.33. The van der Waals surface area contributed by atoms with Crippen LogP contribution < -0.4 is 5.32 Å². The van der Waals surface area contributed by atoms with Crippen molar-refractivity contribution in [3.05, 3.63) is 21.3 Å². The fourth-order valence-corrected chi connectivity index (χ4v) is 3.27. The Balaban J connectivity index is 2.04. The molecule has 78 valence electrons. The highest BCUT2D eigenvalue weighted by molar-refractivity contribution is 7.16. The zero-order valence-corrected chi connectivity index (χ0v) is 10.2. The van der Waals surface area contributed by atoms with Gasteiger partial charge in [0.05, 0.1) is 4.34 Å². The molecule has 3 heteroatoms. The summed E-state index contributed by atoms with van der Waals surface area (Å²) in [5.41, 5.74) is 0.517. The van der Waals surface area contributed by atoms with Crippen molar-refractivity contribution in [1.82, 2.24) is 5.32 Å². The molecule has 0 bridgehead atoms. The van der Waals surface area contributed by atoms with Gasteiger partial charge in [0.2, 0.25) is 0 Å². The average Bonchev–Trinajstić information content (AvgIpc) is 2.84. The Kier molecular flexibility index (Phi) is 2.87. The van der Waals surface area contributed by atoms with E-state index in [0.717, 1.165) is 4.34 Å². The second kappa shape index (κ2) is 3.84. The monoisotopic (exact) mass is 229 g/mol. The highest BCUT2D eigenvalue weighted by Gasteiger charge is 2.46. The molecule has 1 aliphatic rings. The van der Waals surface area contributed by atoms with E-state index in [-0.39, 0.29) is 0 Å². The summed E-state index contributed by atoms with van der Waals surface area (Å²) in [7, 11) is 2.05. The third kappa shape index (κ3) is 1.97. The fourth-order valence-electron chi connectivity index (χ4n) is 2.02. The third-order valence-electron chi connectivity index (χ3n) is 3.40. The number of halogens is 1. The number of nitrogens with one attached hydrogen (secondary N) is 1. The molecular formula is C11H16ClNS. The molecule has 1 atom stereocenters. The average molecular weight is 230 g/mol. The normalized spacial score (nSPS) is 20.8. The van der Waals surface area contributed by atoms with E-state index in [1.165, 1.54) is 24.1 Å². The van der Waals surface area contributed by atoms with Gasteiger partial charge < -0.3 is 5.32 Å². The van der Waals surface area contributed by atoms with Crippen LogP contribution in [0.3, 0.4) is 0 Å². The summed E-state index contributed by atoms with van der Waals surface area (Å²) in [6.07, 6.45) is 3.89. The minimum absolute atomic E-state index is 0.517. The van der Waals surface area contributed by atoms with Crippen molar-refractivity contribution in [3.63, 3.8) is 0 Å². The smallest absolute Gasteiger partial charge is 0.0931 e. The topological polar surface area (TPSA) is 12.0 Å².